The molecular weight excluding hydrogens is 268 g/mol. The highest BCUT2D eigenvalue weighted by molar-refractivity contribution is 5.92. The number of amides is 1. The molecule has 1 spiro atoms. The number of methoxy groups -OCH3 is 1. The number of carbonyl (C=O) groups excluding carboxylic acids is 2. The van der Waals surface area contributed by atoms with Crippen molar-refractivity contribution in [3.8, 4) is 0 Å². The molecule has 21 heavy (non-hydrogen) atoms. The molecule has 1 N–H and O–H groups in total. The Morgan fingerprint density at radius 1 is 1.43 bits per heavy atom. The topological polar surface area (TPSA) is 58.6 Å². The van der Waals surface area contributed by atoms with Gasteiger partial charge in [0, 0.05) is 6.54 Å². The number of aryl methyl sites for hydroxylation is 1. The molecule has 2 fully saturated rings. The number of nitrogens with one attached hydrogen (secondary N) is 1. The van der Waals surface area contributed by atoms with E-state index in [1.54, 1.807) is 4.90 Å². The van der Waals surface area contributed by atoms with Gasteiger partial charge in [-0.15, -0.1) is 0 Å². The normalized spacial score (nSPS) is 22.7. The second-order valence-electron chi connectivity index (χ2n) is 5.81. The molecule has 5 nitrogen and oxygen atoms in total. The number of hydrogen-bond acceptors (Lipinski definition) is 4. The van der Waals surface area contributed by atoms with Crippen molar-refractivity contribution in [2.45, 2.75) is 37.9 Å². The van der Waals surface area contributed by atoms with Crippen LogP contribution in [0.2, 0.25) is 0 Å². The zero-order valence-corrected chi connectivity index (χ0v) is 12.4. The molecule has 1 aromatic rings. The smallest absolute Gasteiger partial charge is 0.307 e. The van der Waals surface area contributed by atoms with Gasteiger partial charge < -0.3 is 9.64 Å². The summed E-state index contributed by atoms with van der Waals surface area (Å²) >= 11 is 0. The average Bonchev–Trinajstić information content (AvgIpc) is 3.21. The molecule has 1 saturated heterocycles. The Morgan fingerprint density at radius 3 is 2.76 bits per heavy atom. The SMILES string of the molecule is COC(=O)CCN1C(=O)C2(CC2)NC1c1ccccc1C. The number of nitrogens with zero attached hydrogens (tertiary/aromatic N) is 1. The Hall–Kier alpha value is -1.88. The van der Waals surface area contributed by atoms with Gasteiger partial charge in [0.05, 0.1) is 13.5 Å². The van der Waals surface area contributed by atoms with Crippen molar-refractivity contribution in [1.29, 1.82) is 0 Å². The number of hydrogen-bond donors (Lipinski definition) is 1. The van der Waals surface area contributed by atoms with E-state index in [9.17, 15) is 9.59 Å². The van der Waals surface area contributed by atoms with Gasteiger partial charge >= 0.3 is 5.97 Å². The first-order chi connectivity index (χ1) is 10.1. The number of ether oxygens (including phenoxy) is 1. The lowest BCUT2D eigenvalue weighted by atomic mass is 10.1. The maximum atomic E-state index is 12.6. The first-order valence-corrected chi connectivity index (χ1v) is 7.28. The molecule has 1 aliphatic heterocycles. The third kappa shape index (κ3) is 2.42. The van der Waals surface area contributed by atoms with Gasteiger partial charge in [0.25, 0.3) is 0 Å². The highest BCUT2D eigenvalue weighted by Crippen LogP contribution is 2.46. The van der Waals surface area contributed by atoms with Crippen LogP contribution < -0.4 is 5.32 Å². The monoisotopic (exact) mass is 288 g/mol. The largest absolute Gasteiger partial charge is 0.469 e. The molecule has 1 saturated carbocycles. The summed E-state index contributed by atoms with van der Waals surface area (Å²) in [5, 5.41) is 3.46. The van der Waals surface area contributed by atoms with Crippen molar-refractivity contribution < 1.29 is 14.3 Å². The Labute approximate surface area is 124 Å². The van der Waals surface area contributed by atoms with Crippen molar-refractivity contribution in [3.63, 3.8) is 0 Å². The summed E-state index contributed by atoms with van der Waals surface area (Å²) in [5.41, 5.74) is 1.85. The second kappa shape index (κ2) is 5.15. The zero-order valence-electron chi connectivity index (χ0n) is 12.4. The van der Waals surface area contributed by atoms with Gasteiger partial charge in [-0.2, -0.15) is 0 Å². The molecule has 112 valence electrons. The van der Waals surface area contributed by atoms with E-state index in [-0.39, 0.29) is 30.0 Å². The molecular formula is C16H20N2O3. The van der Waals surface area contributed by atoms with Crippen LogP contribution in [0, 0.1) is 6.92 Å². The van der Waals surface area contributed by atoms with Crippen LogP contribution in [0.4, 0.5) is 0 Å². The predicted molar refractivity (Wildman–Crippen MR) is 77.4 cm³/mol. The highest BCUT2D eigenvalue weighted by atomic mass is 16.5. The minimum absolute atomic E-state index is 0.111. The first kappa shape index (κ1) is 14.1. The first-order valence-electron chi connectivity index (χ1n) is 7.28. The van der Waals surface area contributed by atoms with Crippen LogP contribution >= 0.6 is 0 Å². The van der Waals surface area contributed by atoms with Crippen LogP contribution in [-0.4, -0.2) is 36.0 Å². The Bertz CT molecular complexity index is 581. The van der Waals surface area contributed by atoms with Crippen molar-refractivity contribution in [1.82, 2.24) is 10.2 Å². The van der Waals surface area contributed by atoms with Gasteiger partial charge in [-0.25, -0.2) is 0 Å². The van der Waals surface area contributed by atoms with Crippen LogP contribution in [0.1, 0.15) is 36.6 Å². The number of rotatable bonds is 4. The lowest BCUT2D eigenvalue weighted by Gasteiger charge is -2.25. The molecule has 1 unspecified atom stereocenters. The van der Waals surface area contributed by atoms with Crippen LogP contribution in [0.25, 0.3) is 0 Å². The van der Waals surface area contributed by atoms with E-state index < -0.39 is 0 Å². The third-order valence-corrected chi connectivity index (χ3v) is 4.41. The van der Waals surface area contributed by atoms with Gasteiger partial charge in [-0.05, 0) is 30.9 Å². The van der Waals surface area contributed by atoms with E-state index in [2.05, 4.69) is 10.1 Å². The summed E-state index contributed by atoms with van der Waals surface area (Å²) < 4.78 is 4.68. The van der Waals surface area contributed by atoms with Gasteiger partial charge in [-0.3, -0.25) is 14.9 Å². The van der Waals surface area contributed by atoms with Crippen molar-refractivity contribution >= 4 is 11.9 Å². The summed E-state index contributed by atoms with van der Waals surface area (Å²) in [7, 11) is 1.37. The molecule has 0 aromatic heterocycles. The van der Waals surface area contributed by atoms with Crippen LogP contribution in [0.15, 0.2) is 24.3 Å². The van der Waals surface area contributed by atoms with Crippen LogP contribution in [0.5, 0.6) is 0 Å². The molecule has 0 radical (unpaired) electrons. The number of carbonyl (C=O) groups is 2. The van der Waals surface area contributed by atoms with Crippen LogP contribution in [-0.2, 0) is 14.3 Å². The number of benzene rings is 1. The quantitative estimate of drug-likeness (QED) is 0.854. The predicted octanol–water partition coefficient (Wildman–Crippen LogP) is 1.52. The zero-order chi connectivity index (χ0) is 15.0. The fourth-order valence-corrected chi connectivity index (χ4v) is 2.96. The lowest BCUT2D eigenvalue weighted by molar-refractivity contribution is -0.141. The summed E-state index contributed by atoms with van der Waals surface area (Å²) in [5.74, 6) is -0.178. The average molecular weight is 288 g/mol. The van der Waals surface area contributed by atoms with Crippen molar-refractivity contribution in [2.24, 2.45) is 0 Å². The van der Waals surface area contributed by atoms with E-state index in [1.807, 2.05) is 31.2 Å². The molecule has 1 atom stereocenters. The van der Waals surface area contributed by atoms with Crippen molar-refractivity contribution in [3.05, 3.63) is 35.4 Å². The maximum Gasteiger partial charge on any atom is 0.307 e. The molecule has 0 bridgehead atoms. The fraction of sp³-hybridized carbons (Fsp3) is 0.500. The molecule has 1 amide bonds. The molecule has 2 aliphatic rings. The van der Waals surface area contributed by atoms with E-state index in [0.717, 1.165) is 24.0 Å². The highest BCUT2D eigenvalue weighted by Gasteiger charge is 2.59. The molecule has 3 rings (SSSR count). The van der Waals surface area contributed by atoms with Gasteiger partial charge in [-0.1, -0.05) is 24.3 Å². The fourth-order valence-electron chi connectivity index (χ4n) is 2.96. The van der Waals surface area contributed by atoms with Gasteiger partial charge in [0.1, 0.15) is 11.7 Å². The van der Waals surface area contributed by atoms with Gasteiger partial charge in [0.2, 0.25) is 5.91 Å². The van der Waals surface area contributed by atoms with E-state index in [0.29, 0.717) is 6.54 Å². The summed E-state index contributed by atoms with van der Waals surface area (Å²) in [6.45, 7) is 2.43. The molecule has 1 aliphatic carbocycles. The molecule has 1 heterocycles. The Morgan fingerprint density at radius 2 is 2.14 bits per heavy atom. The Kier molecular flexibility index (Phi) is 3.45. The van der Waals surface area contributed by atoms with E-state index in [4.69, 9.17) is 0 Å². The van der Waals surface area contributed by atoms with E-state index >= 15 is 0 Å². The minimum atomic E-state index is -0.386. The summed E-state index contributed by atoms with van der Waals surface area (Å²) in [6.07, 6.45) is 1.83. The summed E-state index contributed by atoms with van der Waals surface area (Å²) in [6, 6.07) is 8.04. The van der Waals surface area contributed by atoms with E-state index in [1.165, 1.54) is 7.11 Å². The lowest BCUT2D eigenvalue weighted by Crippen LogP contribution is -2.34. The van der Waals surface area contributed by atoms with Crippen LogP contribution in [0.3, 0.4) is 0 Å². The van der Waals surface area contributed by atoms with Crippen molar-refractivity contribution in [2.75, 3.05) is 13.7 Å². The standard InChI is InChI=1S/C16H20N2O3/c1-11-5-3-4-6-12(11)14-17-16(8-9-16)15(20)18(14)10-7-13(19)21-2/h3-6,14,17H,7-10H2,1-2H3. The maximum absolute atomic E-state index is 12.6. The Balaban J connectivity index is 1.85. The second-order valence-corrected chi connectivity index (χ2v) is 5.81. The molecule has 5 heteroatoms. The minimum Gasteiger partial charge on any atom is -0.469 e. The molecule has 1 aromatic carbocycles. The summed E-state index contributed by atoms with van der Waals surface area (Å²) in [4.78, 5) is 25.8. The number of esters is 1. The van der Waals surface area contributed by atoms with Gasteiger partial charge in [0.15, 0.2) is 0 Å². The third-order valence-electron chi connectivity index (χ3n) is 4.41.